The fourth-order valence-electron chi connectivity index (χ4n) is 2.91. The van der Waals surface area contributed by atoms with Crippen LogP contribution in [0.2, 0.25) is 0 Å². The first-order valence-electron chi connectivity index (χ1n) is 6.57. The van der Waals surface area contributed by atoms with Crippen molar-refractivity contribution in [3.8, 4) is 5.75 Å². The molecule has 0 aliphatic rings. The highest BCUT2D eigenvalue weighted by atomic mass is 19.1. The molecule has 102 valence electrons. The van der Waals surface area contributed by atoms with E-state index < -0.39 is 11.6 Å². The summed E-state index contributed by atoms with van der Waals surface area (Å²) in [5.74, 6) is -0.740. The highest BCUT2D eigenvalue weighted by molar-refractivity contribution is 6.20. The average Bonchev–Trinajstić information content (AvgIpc) is 2.49. The van der Waals surface area contributed by atoms with Crippen LogP contribution in [-0.4, -0.2) is 5.11 Å². The second kappa shape index (κ2) is 4.16. The molecule has 0 aliphatic heterocycles. The molecule has 4 rings (SSSR count). The smallest absolute Gasteiger partial charge is 0.131 e. The van der Waals surface area contributed by atoms with Crippen LogP contribution in [0, 0.1) is 11.6 Å². The van der Waals surface area contributed by atoms with E-state index in [1.165, 1.54) is 0 Å². The third-order valence-corrected chi connectivity index (χ3v) is 3.86. The van der Waals surface area contributed by atoms with Gasteiger partial charge in [-0.05, 0) is 40.4 Å². The summed E-state index contributed by atoms with van der Waals surface area (Å²) in [4.78, 5) is 0. The lowest BCUT2D eigenvalue weighted by Crippen LogP contribution is -1.88. The summed E-state index contributed by atoms with van der Waals surface area (Å²) in [5.41, 5.74) is 0. The van der Waals surface area contributed by atoms with Crippen molar-refractivity contribution in [2.24, 2.45) is 0 Å². The van der Waals surface area contributed by atoms with Crippen molar-refractivity contribution in [1.82, 2.24) is 0 Å². The lowest BCUT2D eigenvalue weighted by Gasteiger charge is -2.09. The largest absolute Gasteiger partial charge is 0.508 e. The topological polar surface area (TPSA) is 20.2 Å². The minimum Gasteiger partial charge on any atom is -0.508 e. The first-order valence-corrected chi connectivity index (χ1v) is 6.57. The molecule has 0 spiro atoms. The second-order valence-electron chi connectivity index (χ2n) is 5.09. The molecule has 0 amide bonds. The van der Waals surface area contributed by atoms with E-state index in [-0.39, 0.29) is 16.5 Å². The normalized spacial score (nSPS) is 11.5. The van der Waals surface area contributed by atoms with Gasteiger partial charge in [-0.2, -0.15) is 0 Å². The van der Waals surface area contributed by atoms with E-state index in [4.69, 9.17) is 0 Å². The highest BCUT2D eigenvalue weighted by Crippen LogP contribution is 2.35. The van der Waals surface area contributed by atoms with E-state index in [2.05, 4.69) is 0 Å². The summed E-state index contributed by atoms with van der Waals surface area (Å²) in [6.45, 7) is 0. The SMILES string of the molecule is Oc1ccc2c(ccc3ccc4c(F)ccc(F)c4c32)c1. The average molecular weight is 280 g/mol. The molecule has 0 saturated carbocycles. The van der Waals surface area contributed by atoms with E-state index in [0.717, 1.165) is 28.3 Å². The number of fused-ring (bicyclic) bond motifs is 5. The first-order chi connectivity index (χ1) is 10.1. The van der Waals surface area contributed by atoms with E-state index in [0.29, 0.717) is 5.39 Å². The van der Waals surface area contributed by atoms with Gasteiger partial charge in [-0.15, -0.1) is 0 Å². The van der Waals surface area contributed by atoms with Gasteiger partial charge in [0.25, 0.3) is 0 Å². The van der Waals surface area contributed by atoms with E-state index >= 15 is 0 Å². The lowest BCUT2D eigenvalue weighted by atomic mass is 9.96. The zero-order valence-corrected chi connectivity index (χ0v) is 10.9. The van der Waals surface area contributed by atoms with Gasteiger partial charge in [-0.25, -0.2) is 8.78 Å². The highest BCUT2D eigenvalue weighted by Gasteiger charge is 2.12. The molecule has 0 heterocycles. The summed E-state index contributed by atoms with van der Waals surface area (Å²) in [6, 6.07) is 14.3. The first kappa shape index (κ1) is 12.1. The van der Waals surface area contributed by atoms with Crippen molar-refractivity contribution < 1.29 is 13.9 Å². The van der Waals surface area contributed by atoms with Gasteiger partial charge in [0.2, 0.25) is 0 Å². The minimum atomic E-state index is -0.447. The summed E-state index contributed by atoms with van der Waals surface area (Å²) in [6.07, 6.45) is 0. The van der Waals surface area contributed by atoms with Gasteiger partial charge in [0, 0.05) is 16.2 Å². The number of phenols is 1. The Hall–Kier alpha value is -2.68. The summed E-state index contributed by atoms with van der Waals surface area (Å²) in [5, 5.41) is 13.2. The molecule has 1 N–H and O–H groups in total. The summed E-state index contributed by atoms with van der Waals surface area (Å²) in [7, 11) is 0. The molecule has 0 saturated heterocycles. The molecule has 0 unspecified atom stereocenters. The Balaban J connectivity index is 2.36. The predicted octanol–water partition coefficient (Wildman–Crippen LogP) is 5.13. The van der Waals surface area contributed by atoms with Crippen LogP contribution < -0.4 is 0 Å². The van der Waals surface area contributed by atoms with Gasteiger partial charge in [0.05, 0.1) is 0 Å². The van der Waals surface area contributed by atoms with E-state index in [1.54, 1.807) is 30.3 Å². The van der Waals surface area contributed by atoms with Crippen LogP contribution >= 0.6 is 0 Å². The van der Waals surface area contributed by atoms with E-state index in [1.807, 2.05) is 12.1 Å². The second-order valence-corrected chi connectivity index (χ2v) is 5.09. The summed E-state index contributed by atoms with van der Waals surface area (Å²) >= 11 is 0. The Morgan fingerprint density at radius 3 is 2.14 bits per heavy atom. The Labute approximate surface area is 119 Å². The maximum atomic E-state index is 14.3. The number of halogens is 2. The number of benzene rings is 4. The van der Waals surface area contributed by atoms with Crippen molar-refractivity contribution >= 4 is 32.3 Å². The third-order valence-electron chi connectivity index (χ3n) is 3.86. The molecule has 3 heteroatoms. The lowest BCUT2D eigenvalue weighted by molar-refractivity contribution is 0.476. The van der Waals surface area contributed by atoms with Crippen molar-refractivity contribution in [2.45, 2.75) is 0 Å². The number of phenolic OH excluding ortho intramolecular Hbond substituents is 1. The Morgan fingerprint density at radius 2 is 1.29 bits per heavy atom. The van der Waals surface area contributed by atoms with Crippen LogP contribution in [-0.2, 0) is 0 Å². The fourth-order valence-corrected chi connectivity index (χ4v) is 2.91. The number of aromatic hydroxyl groups is 1. The molecule has 1 nitrogen and oxygen atoms in total. The predicted molar refractivity (Wildman–Crippen MR) is 80.5 cm³/mol. The van der Waals surface area contributed by atoms with Crippen molar-refractivity contribution in [2.75, 3.05) is 0 Å². The standard InChI is InChI=1S/C18H10F2O/c19-15-7-8-16(20)18-14(15)5-3-10-1-2-11-9-12(21)4-6-13(11)17(10)18/h1-9,21H. The zero-order chi connectivity index (χ0) is 14.6. The number of hydrogen-bond donors (Lipinski definition) is 1. The van der Waals surface area contributed by atoms with Crippen LogP contribution in [0.4, 0.5) is 8.78 Å². The van der Waals surface area contributed by atoms with Crippen LogP contribution in [0.5, 0.6) is 5.75 Å². The number of hydrogen-bond acceptors (Lipinski definition) is 1. The van der Waals surface area contributed by atoms with Crippen LogP contribution in [0.15, 0.2) is 54.6 Å². The molecule has 0 fully saturated rings. The van der Waals surface area contributed by atoms with Gasteiger partial charge >= 0.3 is 0 Å². The van der Waals surface area contributed by atoms with E-state index in [9.17, 15) is 13.9 Å². The Bertz CT molecular complexity index is 1020. The van der Waals surface area contributed by atoms with Crippen LogP contribution in [0.25, 0.3) is 32.3 Å². The van der Waals surface area contributed by atoms with Gasteiger partial charge in [0.1, 0.15) is 17.4 Å². The molecule has 21 heavy (non-hydrogen) atoms. The monoisotopic (exact) mass is 280 g/mol. The van der Waals surface area contributed by atoms with Gasteiger partial charge in [-0.1, -0.05) is 30.3 Å². The maximum Gasteiger partial charge on any atom is 0.131 e. The van der Waals surface area contributed by atoms with Gasteiger partial charge in [-0.3, -0.25) is 0 Å². The third kappa shape index (κ3) is 1.67. The quantitative estimate of drug-likeness (QED) is 0.443. The zero-order valence-electron chi connectivity index (χ0n) is 10.9. The molecule has 0 radical (unpaired) electrons. The van der Waals surface area contributed by atoms with Crippen molar-refractivity contribution in [3.05, 3.63) is 66.2 Å². The fraction of sp³-hybridized carbons (Fsp3) is 0. The Kier molecular flexibility index (Phi) is 2.39. The van der Waals surface area contributed by atoms with Gasteiger partial charge in [0.15, 0.2) is 0 Å². The summed E-state index contributed by atoms with van der Waals surface area (Å²) < 4.78 is 28.2. The van der Waals surface area contributed by atoms with Crippen LogP contribution in [0.3, 0.4) is 0 Å². The minimum absolute atomic E-state index is 0.147. The molecule has 0 aliphatic carbocycles. The molecular formula is C18H10F2O. The van der Waals surface area contributed by atoms with Crippen molar-refractivity contribution in [1.29, 1.82) is 0 Å². The maximum absolute atomic E-state index is 14.3. The number of rotatable bonds is 0. The van der Waals surface area contributed by atoms with Crippen molar-refractivity contribution in [3.63, 3.8) is 0 Å². The molecule has 0 atom stereocenters. The molecule has 4 aromatic carbocycles. The van der Waals surface area contributed by atoms with Gasteiger partial charge < -0.3 is 5.11 Å². The molecule has 0 bridgehead atoms. The van der Waals surface area contributed by atoms with Crippen LogP contribution in [0.1, 0.15) is 0 Å². The molecular weight excluding hydrogens is 270 g/mol. The molecule has 0 aromatic heterocycles. The Morgan fingerprint density at radius 1 is 0.619 bits per heavy atom. The molecule has 4 aromatic rings.